The molecule has 2 fully saturated rings. The fraction of sp³-hybridized carbons (Fsp3) is 0.474. The Labute approximate surface area is 151 Å². The molecular formula is C19H22FN3O3. The number of amides is 1. The number of nitrogens with zero attached hydrogens (tertiary/aromatic N) is 2. The van der Waals surface area contributed by atoms with Crippen molar-refractivity contribution in [2.75, 3.05) is 13.2 Å². The van der Waals surface area contributed by atoms with Crippen LogP contribution in [0.5, 0.6) is 0 Å². The van der Waals surface area contributed by atoms with Gasteiger partial charge in [0.25, 0.3) is 5.91 Å². The highest BCUT2D eigenvalue weighted by Gasteiger charge is 2.41. The van der Waals surface area contributed by atoms with Crippen molar-refractivity contribution < 1.29 is 18.7 Å². The molecule has 1 aliphatic heterocycles. The molecule has 1 unspecified atom stereocenters. The number of halogens is 1. The first-order chi connectivity index (χ1) is 12.6. The van der Waals surface area contributed by atoms with Crippen LogP contribution in [0.2, 0.25) is 0 Å². The van der Waals surface area contributed by atoms with Crippen LogP contribution < -0.4 is 5.32 Å². The van der Waals surface area contributed by atoms with E-state index < -0.39 is 5.79 Å². The number of nitrogens with one attached hydrogen (secondary N) is 1. The number of rotatable bonds is 3. The number of carbonyl (C=O) groups is 1. The van der Waals surface area contributed by atoms with Gasteiger partial charge in [-0.3, -0.25) is 4.79 Å². The van der Waals surface area contributed by atoms with Gasteiger partial charge in [-0.2, -0.15) is 5.10 Å². The van der Waals surface area contributed by atoms with Crippen LogP contribution in [0.3, 0.4) is 0 Å². The highest BCUT2D eigenvalue weighted by molar-refractivity contribution is 5.95. The molecule has 0 radical (unpaired) electrons. The fourth-order valence-electron chi connectivity index (χ4n) is 3.84. The number of hydrogen-bond acceptors (Lipinski definition) is 4. The molecule has 26 heavy (non-hydrogen) atoms. The largest absolute Gasteiger partial charge is 0.349 e. The molecule has 1 aromatic heterocycles. The van der Waals surface area contributed by atoms with Crippen molar-refractivity contribution in [1.29, 1.82) is 0 Å². The van der Waals surface area contributed by atoms with E-state index in [0.717, 1.165) is 19.3 Å². The molecular weight excluding hydrogens is 337 g/mol. The number of hydrogen-bond donors (Lipinski definition) is 1. The van der Waals surface area contributed by atoms with Gasteiger partial charge in [0.1, 0.15) is 11.5 Å². The predicted molar refractivity (Wildman–Crippen MR) is 92.6 cm³/mol. The average molecular weight is 359 g/mol. The lowest BCUT2D eigenvalue weighted by atomic mass is 9.89. The number of para-hydroxylation sites is 1. The molecule has 1 spiro atoms. The second kappa shape index (κ2) is 6.81. The van der Waals surface area contributed by atoms with Gasteiger partial charge in [0.05, 0.1) is 30.7 Å². The summed E-state index contributed by atoms with van der Waals surface area (Å²) in [5.74, 6) is -1.12. The van der Waals surface area contributed by atoms with Gasteiger partial charge in [0.15, 0.2) is 5.79 Å². The molecule has 1 amide bonds. The van der Waals surface area contributed by atoms with Gasteiger partial charge >= 0.3 is 0 Å². The number of carbonyl (C=O) groups excluding carboxylic acids is 1. The summed E-state index contributed by atoms with van der Waals surface area (Å²) < 4.78 is 27.0. The third-order valence-corrected chi connectivity index (χ3v) is 5.15. The van der Waals surface area contributed by atoms with E-state index in [2.05, 4.69) is 10.4 Å². The molecule has 1 aliphatic carbocycles. The van der Waals surface area contributed by atoms with Gasteiger partial charge in [-0.1, -0.05) is 12.1 Å². The summed E-state index contributed by atoms with van der Waals surface area (Å²) in [5.41, 5.74) is 1.38. The second-order valence-corrected chi connectivity index (χ2v) is 6.88. The second-order valence-electron chi connectivity index (χ2n) is 6.88. The van der Waals surface area contributed by atoms with Crippen LogP contribution in [0.25, 0.3) is 5.69 Å². The maximum Gasteiger partial charge on any atom is 0.254 e. The Balaban J connectivity index is 1.50. The Bertz CT molecular complexity index is 814. The minimum atomic E-state index is -0.539. The van der Waals surface area contributed by atoms with Crippen LogP contribution in [0.4, 0.5) is 4.39 Å². The Morgan fingerprint density at radius 2 is 2.12 bits per heavy atom. The monoisotopic (exact) mass is 359 g/mol. The lowest BCUT2D eigenvalue weighted by Crippen LogP contribution is -2.46. The topological polar surface area (TPSA) is 65.4 Å². The van der Waals surface area contributed by atoms with E-state index in [9.17, 15) is 9.18 Å². The highest BCUT2D eigenvalue weighted by Crippen LogP contribution is 2.35. The van der Waals surface area contributed by atoms with E-state index in [1.165, 1.54) is 16.9 Å². The van der Waals surface area contributed by atoms with Gasteiger partial charge in [-0.15, -0.1) is 0 Å². The van der Waals surface area contributed by atoms with Gasteiger partial charge in [0.2, 0.25) is 0 Å². The predicted octanol–water partition coefficient (Wildman–Crippen LogP) is 2.74. The van der Waals surface area contributed by atoms with Crippen molar-refractivity contribution in [3.63, 3.8) is 0 Å². The zero-order valence-corrected chi connectivity index (χ0v) is 14.7. The molecule has 4 rings (SSSR count). The van der Waals surface area contributed by atoms with E-state index in [-0.39, 0.29) is 17.8 Å². The van der Waals surface area contributed by atoms with Crippen molar-refractivity contribution in [2.24, 2.45) is 0 Å². The fourth-order valence-corrected chi connectivity index (χ4v) is 3.84. The van der Waals surface area contributed by atoms with Crippen molar-refractivity contribution in [3.8, 4) is 5.69 Å². The minimum absolute atomic E-state index is 0.00874. The van der Waals surface area contributed by atoms with Gasteiger partial charge in [-0.05, 0) is 31.9 Å². The first-order valence-corrected chi connectivity index (χ1v) is 8.96. The summed E-state index contributed by atoms with van der Waals surface area (Å²) in [5, 5.41) is 7.26. The molecule has 2 heterocycles. The molecule has 7 heteroatoms. The van der Waals surface area contributed by atoms with E-state index in [4.69, 9.17) is 9.47 Å². The minimum Gasteiger partial charge on any atom is -0.349 e. The molecule has 1 atom stereocenters. The molecule has 6 nitrogen and oxygen atoms in total. The van der Waals surface area contributed by atoms with E-state index in [1.807, 2.05) is 0 Å². The third kappa shape index (κ3) is 3.12. The van der Waals surface area contributed by atoms with E-state index in [0.29, 0.717) is 36.6 Å². The average Bonchev–Trinajstić information content (AvgIpc) is 3.22. The Hall–Kier alpha value is -2.25. The van der Waals surface area contributed by atoms with E-state index >= 15 is 0 Å². The maximum absolute atomic E-state index is 14.0. The summed E-state index contributed by atoms with van der Waals surface area (Å²) in [6.07, 6.45) is 4.83. The zero-order chi connectivity index (χ0) is 18.1. The lowest BCUT2D eigenvalue weighted by Gasteiger charge is -2.36. The lowest BCUT2D eigenvalue weighted by molar-refractivity contribution is -0.181. The first-order valence-electron chi connectivity index (χ1n) is 8.96. The normalized spacial score (nSPS) is 21.8. The molecule has 138 valence electrons. The zero-order valence-electron chi connectivity index (χ0n) is 14.7. The summed E-state index contributed by atoms with van der Waals surface area (Å²) in [4.78, 5) is 12.7. The van der Waals surface area contributed by atoms with E-state index in [1.54, 1.807) is 25.1 Å². The molecule has 1 saturated carbocycles. The molecule has 1 N–H and O–H groups in total. The van der Waals surface area contributed by atoms with Crippen molar-refractivity contribution in [2.45, 2.75) is 44.4 Å². The van der Waals surface area contributed by atoms with Crippen molar-refractivity contribution >= 4 is 5.91 Å². The van der Waals surface area contributed by atoms with Gasteiger partial charge in [0, 0.05) is 18.9 Å². The van der Waals surface area contributed by atoms with Crippen LogP contribution in [0, 0.1) is 12.7 Å². The molecule has 1 aromatic carbocycles. The van der Waals surface area contributed by atoms with Gasteiger partial charge < -0.3 is 14.8 Å². The Morgan fingerprint density at radius 3 is 2.88 bits per heavy atom. The third-order valence-electron chi connectivity index (χ3n) is 5.15. The molecule has 2 aromatic rings. The number of ether oxygens (including phenoxy) is 2. The summed E-state index contributed by atoms with van der Waals surface area (Å²) in [6, 6.07) is 6.36. The summed E-state index contributed by atoms with van der Waals surface area (Å²) in [7, 11) is 0. The van der Waals surface area contributed by atoms with Crippen LogP contribution in [-0.4, -0.2) is 40.7 Å². The molecule has 1 saturated heterocycles. The smallest absolute Gasteiger partial charge is 0.254 e. The Morgan fingerprint density at radius 1 is 1.35 bits per heavy atom. The SMILES string of the molecule is Cc1c(C(=O)NC2CCCC3(C2)OCCO3)cnn1-c1ccccc1F. The van der Waals surface area contributed by atoms with Crippen molar-refractivity contribution in [1.82, 2.24) is 15.1 Å². The summed E-state index contributed by atoms with van der Waals surface area (Å²) >= 11 is 0. The van der Waals surface area contributed by atoms with Crippen LogP contribution in [-0.2, 0) is 9.47 Å². The first kappa shape index (κ1) is 17.2. The quantitative estimate of drug-likeness (QED) is 0.915. The molecule has 2 aliphatic rings. The number of aromatic nitrogens is 2. The van der Waals surface area contributed by atoms with Crippen LogP contribution >= 0.6 is 0 Å². The standard InChI is InChI=1S/C19H22FN3O3/c1-13-15(12-21-23(13)17-7-3-2-6-16(17)20)18(24)22-14-5-4-8-19(11-14)25-9-10-26-19/h2-3,6-7,12,14H,4-5,8-11H2,1H3,(H,22,24). The molecule has 0 bridgehead atoms. The van der Waals surface area contributed by atoms with Gasteiger partial charge in [-0.25, -0.2) is 9.07 Å². The maximum atomic E-state index is 14.0. The van der Waals surface area contributed by atoms with Crippen LogP contribution in [0.15, 0.2) is 30.5 Å². The van der Waals surface area contributed by atoms with Crippen LogP contribution in [0.1, 0.15) is 41.7 Å². The number of benzene rings is 1. The Kier molecular flexibility index (Phi) is 4.50. The van der Waals surface area contributed by atoms with Crippen molar-refractivity contribution in [3.05, 3.63) is 47.5 Å². The summed E-state index contributed by atoms with van der Waals surface area (Å²) in [6.45, 7) is 2.98. The highest BCUT2D eigenvalue weighted by atomic mass is 19.1.